The van der Waals surface area contributed by atoms with Gasteiger partial charge in [0.1, 0.15) is 0 Å². The van der Waals surface area contributed by atoms with E-state index >= 15 is 0 Å². The molecule has 0 amide bonds. The number of likely N-dealkylation sites (N-methyl/N-ethyl adjacent to an activating group) is 1. The first-order valence-corrected chi connectivity index (χ1v) is 4.86. The Morgan fingerprint density at radius 1 is 1.50 bits per heavy atom. The standard InChI is InChI=1S/C10H15N3O/c1-13-5-4-11-9(7-13)8-2-3-10(14)12-6-8/h2-3,6,9,11H,4-5,7H2,1H3,(H,12,14). The molecule has 0 bridgehead atoms. The van der Waals surface area contributed by atoms with E-state index in [1.54, 1.807) is 12.3 Å². The molecule has 2 rings (SSSR count). The highest BCUT2D eigenvalue weighted by Crippen LogP contribution is 2.13. The van der Waals surface area contributed by atoms with Gasteiger partial charge < -0.3 is 15.2 Å². The maximum absolute atomic E-state index is 10.9. The molecule has 1 aromatic heterocycles. The van der Waals surface area contributed by atoms with Gasteiger partial charge in [0.2, 0.25) is 5.56 Å². The Balaban J connectivity index is 2.14. The molecule has 0 aliphatic carbocycles. The normalized spacial score (nSPS) is 23.6. The van der Waals surface area contributed by atoms with Crippen LogP contribution < -0.4 is 10.9 Å². The second kappa shape index (κ2) is 3.94. The molecule has 1 fully saturated rings. The predicted molar refractivity (Wildman–Crippen MR) is 55.3 cm³/mol. The van der Waals surface area contributed by atoms with Crippen molar-refractivity contribution in [2.24, 2.45) is 0 Å². The maximum atomic E-state index is 10.9. The summed E-state index contributed by atoms with van der Waals surface area (Å²) in [6.45, 7) is 3.08. The number of hydrogen-bond acceptors (Lipinski definition) is 3. The molecule has 1 atom stereocenters. The van der Waals surface area contributed by atoms with E-state index in [9.17, 15) is 4.79 Å². The molecule has 0 spiro atoms. The highest BCUT2D eigenvalue weighted by Gasteiger charge is 2.17. The van der Waals surface area contributed by atoms with Crippen LogP contribution in [0.1, 0.15) is 11.6 Å². The topological polar surface area (TPSA) is 48.1 Å². The summed E-state index contributed by atoms with van der Waals surface area (Å²) in [6, 6.07) is 3.80. The van der Waals surface area contributed by atoms with Gasteiger partial charge in [-0.1, -0.05) is 6.07 Å². The Morgan fingerprint density at radius 3 is 3.00 bits per heavy atom. The summed E-state index contributed by atoms with van der Waals surface area (Å²) in [6.07, 6.45) is 1.79. The minimum absolute atomic E-state index is 0.0436. The molecule has 1 aliphatic heterocycles. The van der Waals surface area contributed by atoms with Crippen molar-refractivity contribution < 1.29 is 0 Å². The Labute approximate surface area is 82.9 Å². The van der Waals surface area contributed by atoms with E-state index in [1.165, 1.54) is 0 Å². The van der Waals surface area contributed by atoms with Crippen molar-refractivity contribution in [3.05, 3.63) is 34.2 Å². The number of nitrogens with zero attached hydrogens (tertiary/aromatic N) is 1. The maximum Gasteiger partial charge on any atom is 0.247 e. The number of nitrogens with one attached hydrogen (secondary N) is 2. The highest BCUT2D eigenvalue weighted by atomic mass is 16.1. The number of aromatic amines is 1. The summed E-state index contributed by atoms with van der Waals surface area (Å²) in [5, 5.41) is 3.42. The Bertz CT molecular complexity index is 340. The van der Waals surface area contributed by atoms with Gasteiger partial charge in [0.25, 0.3) is 0 Å². The van der Waals surface area contributed by atoms with Crippen LogP contribution in [0.25, 0.3) is 0 Å². The molecule has 1 aromatic rings. The van der Waals surface area contributed by atoms with E-state index in [2.05, 4.69) is 22.2 Å². The molecule has 0 radical (unpaired) electrons. The second-order valence-corrected chi connectivity index (χ2v) is 3.76. The fourth-order valence-electron chi connectivity index (χ4n) is 1.76. The quantitative estimate of drug-likeness (QED) is 0.657. The molecule has 4 nitrogen and oxygen atoms in total. The molecule has 1 saturated heterocycles. The first kappa shape index (κ1) is 9.43. The van der Waals surface area contributed by atoms with Crippen LogP contribution in [-0.2, 0) is 0 Å². The lowest BCUT2D eigenvalue weighted by Gasteiger charge is -2.30. The number of pyridine rings is 1. The van der Waals surface area contributed by atoms with Gasteiger partial charge in [-0.15, -0.1) is 0 Å². The zero-order valence-corrected chi connectivity index (χ0v) is 8.29. The Hall–Kier alpha value is -1.13. The SMILES string of the molecule is CN1CCNC(c2ccc(=O)[nH]c2)C1. The molecule has 14 heavy (non-hydrogen) atoms. The molecule has 2 N–H and O–H groups in total. The number of aromatic nitrogens is 1. The Kier molecular flexibility index (Phi) is 2.65. The highest BCUT2D eigenvalue weighted by molar-refractivity contribution is 5.15. The average Bonchev–Trinajstić information content (AvgIpc) is 2.19. The van der Waals surface area contributed by atoms with Gasteiger partial charge in [0, 0.05) is 37.9 Å². The third kappa shape index (κ3) is 2.02. The largest absolute Gasteiger partial charge is 0.329 e. The Morgan fingerprint density at radius 2 is 2.36 bits per heavy atom. The van der Waals surface area contributed by atoms with Crippen molar-refractivity contribution >= 4 is 0 Å². The summed E-state index contributed by atoms with van der Waals surface area (Å²) in [7, 11) is 2.11. The fourth-order valence-corrected chi connectivity index (χ4v) is 1.76. The fraction of sp³-hybridized carbons (Fsp3) is 0.500. The van der Waals surface area contributed by atoms with Crippen LogP contribution >= 0.6 is 0 Å². The monoisotopic (exact) mass is 193 g/mol. The molecular formula is C10H15N3O. The van der Waals surface area contributed by atoms with Crippen LogP contribution in [-0.4, -0.2) is 36.6 Å². The zero-order chi connectivity index (χ0) is 9.97. The molecule has 0 saturated carbocycles. The summed E-state index contributed by atoms with van der Waals surface area (Å²) >= 11 is 0. The smallest absolute Gasteiger partial charge is 0.247 e. The van der Waals surface area contributed by atoms with Crippen LogP contribution in [0, 0.1) is 0 Å². The molecule has 1 aliphatic rings. The lowest BCUT2D eigenvalue weighted by molar-refractivity contribution is 0.240. The summed E-state index contributed by atoms with van der Waals surface area (Å²) < 4.78 is 0. The predicted octanol–water partition coefficient (Wildman–Crippen LogP) is -0.0490. The van der Waals surface area contributed by atoms with Gasteiger partial charge in [0.15, 0.2) is 0 Å². The van der Waals surface area contributed by atoms with Crippen LogP contribution in [0.2, 0.25) is 0 Å². The molecular weight excluding hydrogens is 178 g/mol. The van der Waals surface area contributed by atoms with Crippen molar-refractivity contribution in [1.82, 2.24) is 15.2 Å². The third-order valence-corrected chi connectivity index (χ3v) is 2.59. The summed E-state index contributed by atoms with van der Waals surface area (Å²) in [4.78, 5) is 15.9. The van der Waals surface area contributed by atoms with E-state index < -0.39 is 0 Å². The molecule has 4 heteroatoms. The van der Waals surface area contributed by atoms with Crippen molar-refractivity contribution in [1.29, 1.82) is 0 Å². The lowest BCUT2D eigenvalue weighted by atomic mass is 10.1. The minimum atomic E-state index is -0.0436. The average molecular weight is 193 g/mol. The first-order chi connectivity index (χ1) is 6.75. The third-order valence-electron chi connectivity index (χ3n) is 2.59. The minimum Gasteiger partial charge on any atom is -0.329 e. The van der Waals surface area contributed by atoms with E-state index in [4.69, 9.17) is 0 Å². The molecule has 1 unspecified atom stereocenters. The summed E-state index contributed by atoms with van der Waals surface area (Å²) in [5.41, 5.74) is 1.11. The van der Waals surface area contributed by atoms with Gasteiger partial charge in [-0.3, -0.25) is 4.79 Å². The second-order valence-electron chi connectivity index (χ2n) is 3.76. The lowest BCUT2D eigenvalue weighted by Crippen LogP contribution is -2.43. The van der Waals surface area contributed by atoms with Gasteiger partial charge in [-0.2, -0.15) is 0 Å². The first-order valence-electron chi connectivity index (χ1n) is 4.86. The molecule has 76 valence electrons. The summed E-state index contributed by atoms with van der Waals surface area (Å²) in [5.74, 6) is 0. The van der Waals surface area contributed by atoms with E-state index in [1.807, 2.05) is 6.07 Å². The van der Waals surface area contributed by atoms with Crippen molar-refractivity contribution in [3.63, 3.8) is 0 Å². The van der Waals surface area contributed by atoms with Crippen molar-refractivity contribution in [2.75, 3.05) is 26.7 Å². The van der Waals surface area contributed by atoms with E-state index in [0.29, 0.717) is 6.04 Å². The van der Waals surface area contributed by atoms with Crippen LogP contribution in [0.15, 0.2) is 23.1 Å². The zero-order valence-electron chi connectivity index (χ0n) is 8.29. The van der Waals surface area contributed by atoms with Gasteiger partial charge in [0.05, 0.1) is 0 Å². The van der Waals surface area contributed by atoms with E-state index in [-0.39, 0.29) is 5.56 Å². The number of H-pyrrole nitrogens is 1. The van der Waals surface area contributed by atoms with Crippen molar-refractivity contribution in [3.8, 4) is 0 Å². The van der Waals surface area contributed by atoms with Crippen LogP contribution in [0.4, 0.5) is 0 Å². The van der Waals surface area contributed by atoms with Crippen LogP contribution in [0.5, 0.6) is 0 Å². The number of rotatable bonds is 1. The number of hydrogen-bond donors (Lipinski definition) is 2. The van der Waals surface area contributed by atoms with Gasteiger partial charge >= 0.3 is 0 Å². The van der Waals surface area contributed by atoms with Crippen molar-refractivity contribution in [2.45, 2.75) is 6.04 Å². The van der Waals surface area contributed by atoms with E-state index in [0.717, 1.165) is 25.2 Å². The molecule has 2 heterocycles. The molecule has 0 aromatic carbocycles. The van der Waals surface area contributed by atoms with Gasteiger partial charge in [-0.05, 0) is 12.6 Å². The van der Waals surface area contributed by atoms with Gasteiger partial charge in [-0.25, -0.2) is 0 Å². The number of piperazine rings is 1. The van der Waals surface area contributed by atoms with Crippen LogP contribution in [0.3, 0.4) is 0 Å².